The smallest absolute Gasteiger partial charge is 0.139 e. The van der Waals surface area contributed by atoms with E-state index < -0.39 is 0 Å². The summed E-state index contributed by atoms with van der Waals surface area (Å²) in [6.07, 6.45) is 6.12. The molecule has 0 atom stereocenters. The van der Waals surface area contributed by atoms with Crippen molar-refractivity contribution in [2.24, 2.45) is 0 Å². The van der Waals surface area contributed by atoms with Crippen LogP contribution in [0.3, 0.4) is 0 Å². The number of thioether (sulfide) groups is 1. The van der Waals surface area contributed by atoms with Gasteiger partial charge in [0.2, 0.25) is 0 Å². The van der Waals surface area contributed by atoms with E-state index in [4.69, 9.17) is 4.42 Å². The molecule has 0 saturated carbocycles. The van der Waals surface area contributed by atoms with Crippen molar-refractivity contribution in [3.63, 3.8) is 0 Å². The maximum absolute atomic E-state index is 5.49. The van der Waals surface area contributed by atoms with Gasteiger partial charge in [-0.05, 0) is 25.0 Å². The monoisotopic (exact) mass is 303 g/mol. The van der Waals surface area contributed by atoms with Gasteiger partial charge in [0.1, 0.15) is 11.4 Å². The van der Waals surface area contributed by atoms with Crippen molar-refractivity contribution in [3.05, 3.63) is 24.6 Å². The molecule has 0 bridgehead atoms. The Bertz CT molecular complexity index is 600. The van der Waals surface area contributed by atoms with Crippen LogP contribution >= 0.6 is 11.8 Å². The van der Waals surface area contributed by atoms with Gasteiger partial charge in [-0.2, -0.15) is 11.8 Å². The van der Waals surface area contributed by atoms with Crippen LogP contribution in [0.1, 0.15) is 12.8 Å². The average molecular weight is 303 g/mol. The molecule has 0 radical (unpaired) electrons. The fourth-order valence-corrected chi connectivity index (χ4v) is 4.45. The van der Waals surface area contributed by atoms with E-state index in [9.17, 15) is 0 Å². The molecule has 2 aliphatic rings. The lowest BCUT2D eigenvalue weighted by molar-refractivity contribution is 0.185. The molecule has 0 unspecified atom stereocenters. The molecular weight excluding hydrogens is 282 g/mol. The predicted molar refractivity (Wildman–Crippen MR) is 88.1 cm³/mol. The van der Waals surface area contributed by atoms with Crippen molar-refractivity contribution in [3.8, 4) is 0 Å². The normalized spacial score (nSPS) is 22.0. The standard InChI is InChI=1S/C16H21N3OS/c1-5-17-16(14-4-10-20-15(1)14)19-6-2-13(3-7-19)18-8-11-21-12-9-18/h1,4-5,10,13H,2-3,6-9,11-12H2. The molecule has 5 heteroatoms. The largest absolute Gasteiger partial charge is 0.464 e. The van der Waals surface area contributed by atoms with E-state index in [1.165, 1.54) is 37.4 Å². The molecule has 2 aromatic rings. The first-order valence-corrected chi connectivity index (χ1v) is 8.96. The lowest BCUT2D eigenvalue weighted by Gasteiger charge is -2.40. The van der Waals surface area contributed by atoms with E-state index in [1.807, 2.05) is 18.3 Å². The van der Waals surface area contributed by atoms with E-state index >= 15 is 0 Å². The maximum Gasteiger partial charge on any atom is 0.139 e. The van der Waals surface area contributed by atoms with Crippen molar-refractivity contribution in [2.75, 3.05) is 42.6 Å². The number of aromatic nitrogens is 1. The summed E-state index contributed by atoms with van der Waals surface area (Å²) < 4.78 is 5.49. The first-order valence-electron chi connectivity index (χ1n) is 7.81. The van der Waals surface area contributed by atoms with Crippen LogP contribution in [0, 0.1) is 0 Å². The summed E-state index contributed by atoms with van der Waals surface area (Å²) in [4.78, 5) is 9.71. The van der Waals surface area contributed by atoms with Crippen LogP contribution in [0.5, 0.6) is 0 Å². The molecule has 4 nitrogen and oxygen atoms in total. The van der Waals surface area contributed by atoms with Crippen molar-refractivity contribution in [1.82, 2.24) is 9.88 Å². The second kappa shape index (κ2) is 5.89. The van der Waals surface area contributed by atoms with Crippen molar-refractivity contribution >= 4 is 28.5 Å². The lowest BCUT2D eigenvalue weighted by atomic mass is 10.0. The van der Waals surface area contributed by atoms with Gasteiger partial charge in [0.05, 0.1) is 11.6 Å². The van der Waals surface area contributed by atoms with Crippen molar-refractivity contribution in [1.29, 1.82) is 0 Å². The minimum Gasteiger partial charge on any atom is -0.464 e. The number of piperidine rings is 1. The molecule has 2 aromatic heterocycles. The van der Waals surface area contributed by atoms with Gasteiger partial charge >= 0.3 is 0 Å². The van der Waals surface area contributed by atoms with Crippen molar-refractivity contribution < 1.29 is 4.42 Å². The molecule has 2 saturated heterocycles. The summed E-state index contributed by atoms with van der Waals surface area (Å²) in [5.74, 6) is 3.69. The average Bonchev–Trinajstić information content (AvgIpc) is 3.04. The quantitative estimate of drug-likeness (QED) is 0.852. The Morgan fingerprint density at radius 3 is 2.71 bits per heavy atom. The minimum atomic E-state index is 0.769. The Morgan fingerprint density at radius 2 is 1.90 bits per heavy atom. The zero-order valence-corrected chi connectivity index (χ0v) is 13.0. The molecule has 4 rings (SSSR count). The van der Waals surface area contributed by atoms with Crippen LogP contribution in [0.2, 0.25) is 0 Å². The van der Waals surface area contributed by atoms with Gasteiger partial charge in [0.15, 0.2) is 0 Å². The van der Waals surface area contributed by atoms with E-state index in [0.29, 0.717) is 0 Å². The first kappa shape index (κ1) is 13.5. The number of hydrogen-bond acceptors (Lipinski definition) is 5. The Labute approximate surface area is 129 Å². The Kier molecular flexibility index (Phi) is 3.78. The fraction of sp³-hybridized carbons (Fsp3) is 0.562. The molecule has 21 heavy (non-hydrogen) atoms. The molecule has 0 amide bonds. The summed E-state index contributed by atoms with van der Waals surface area (Å²) in [6.45, 7) is 4.74. The molecule has 2 fully saturated rings. The predicted octanol–water partition coefficient (Wildman–Crippen LogP) is 2.85. The van der Waals surface area contributed by atoms with Crippen LogP contribution in [0.25, 0.3) is 11.0 Å². The van der Waals surface area contributed by atoms with Gasteiger partial charge < -0.3 is 9.32 Å². The summed E-state index contributed by atoms with van der Waals surface area (Å²) in [6, 6.07) is 4.74. The van der Waals surface area contributed by atoms with Crippen LogP contribution in [0.15, 0.2) is 29.0 Å². The van der Waals surface area contributed by atoms with Crippen molar-refractivity contribution in [2.45, 2.75) is 18.9 Å². The van der Waals surface area contributed by atoms with Gasteiger partial charge in [-0.15, -0.1) is 0 Å². The SMILES string of the molecule is c1cc2occc2c(N2CCC(N3CCSCC3)CC2)n1. The Hall–Kier alpha value is -1.20. The third kappa shape index (κ3) is 2.64. The highest BCUT2D eigenvalue weighted by Crippen LogP contribution is 2.29. The number of pyridine rings is 1. The summed E-state index contributed by atoms with van der Waals surface area (Å²) in [5, 5.41) is 1.14. The molecule has 0 aromatic carbocycles. The topological polar surface area (TPSA) is 32.5 Å². The Morgan fingerprint density at radius 1 is 1.10 bits per heavy atom. The number of fused-ring (bicyclic) bond motifs is 1. The second-order valence-corrected chi connectivity index (χ2v) is 7.06. The number of nitrogens with zero attached hydrogens (tertiary/aromatic N) is 3. The van der Waals surface area contributed by atoms with Crippen LogP contribution < -0.4 is 4.90 Å². The van der Waals surface area contributed by atoms with E-state index in [-0.39, 0.29) is 0 Å². The molecule has 112 valence electrons. The van der Waals surface area contributed by atoms with Crippen LogP contribution in [0.4, 0.5) is 5.82 Å². The molecule has 0 aliphatic carbocycles. The van der Waals surface area contributed by atoms with Gasteiger partial charge in [-0.1, -0.05) is 0 Å². The molecule has 0 spiro atoms. The van der Waals surface area contributed by atoms with E-state index in [2.05, 4.69) is 26.5 Å². The highest BCUT2D eigenvalue weighted by molar-refractivity contribution is 7.99. The summed E-state index contributed by atoms with van der Waals surface area (Å²) in [7, 11) is 0. The van der Waals surface area contributed by atoms with Gasteiger partial charge in [0, 0.05) is 49.9 Å². The maximum atomic E-state index is 5.49. The lowest BCUT2D eigenvalue weighted by Crippen LogP contribution is -2.48. The third-order valence-electron chi connectivity index (χ3n) is 4.68. The van der Waals surface area contributed by atoms with Gasteiger partial charge in [0.25, 0.3) is 0 Å². The molecular formula is C16H21N3OS. The van der Waals surface area contributed by atoms with Crippen LogP contribution in [-0.4, -0.2) is 53.6 Å². The van der Waals surface area contributed by atoms with Crippen LogP contribution in [-0.2, 0) is 0 Å². The Balaban J connectivity index is 1.46. The molecule has 2 aliphatic heterocycles. The zero-order chi connectivity index (χ0) is 14.1. The third-order valence-corrected chi connectivity index (χ3v) is 5.63. The number of anilines is 1. The highest BCUT2D eigenvalue weighted by atomic mass is 32.2. The summed E-state index contributed by atoms with van der Waals surface area (Å²) in [5.41, 5.74) is 0.940. The summed E-state index contributed by atoms with van der Waals surface area (Å²) >= 11 is 2.09. The highest BCUT2D eigenvalue weighted by Gasteiger charge is 2.26. The zero-order valence-electron chi connectivity index (χ0n) is 12.2. The fourth-order valence-electron chi connectivity index (χ4n) is 3.52. The first-order chi connectivity index (χ1) is 10.4. The van der Waals surface area contributed by atoms with Gasteiger partial charge in [-0.3, -0.25) is 4.90 Å². The van der Waals surface area contributed by atoms with E-state index in [0.717, 1.165) is 35.9 Å². The number of rotatable bonds is 2. The number of hydrogen-bond donors (Lipinski definition) is 0. The van der Waals surface area contributed by atoms with E-state index in [1.54, 1.807) is 6.26 Å². The number of furan rings is 1. The second-order valence-electron chi connectivity index (χ2n) is 5.83. The minimum absolute atomic E-state index is 0.769. The van der Waals surface area contributed by atoms with Gasteiger partial charge in [-0.25, -0.2) is 4.98 Å². The molecule has 4 heterocycles. The molecule has 0 N–H and O–H groups in total.